The van der Waals surface area contributed by atoms with E-state index in [1.807, 2.05) is 34.6 Å². The number of ketones is 3. The molecule has 0 bridgehead atoms. The molecule has 15 rings (SSSR count). The topological polar surface area (TPSA) is 344 Å². The number of fused-ring (bicyclic) bond motifs is 3. The number of nitrogens with one attached hydrogen (secondary N) is 7. The zero-order valence-electron chi connectivity index (χ0n) is 65.1. The van der Waals surface area contributed by atoms with Crippen LogP contribution in [0.3, 0.4) is 0 Å². The predicted molar refractivity (Wildman–Crippen MR) is 416 cm³/mol. The van der Waals surface area contributed by atoms with Crippen LogP contribution < -0.4 is 37.2 Å². The molecular weight excluding hydrogens is 1620 g/mol. The molecule has 9 aliphatic rings. The van der Waals surface area contributed by atoms with Crippen LogP contribution in [0.5, 0.6) is 0 Å². The Bertz CT molecular complexity index is 5430. The number of Topliss-reactive ketones (excluding diaryl/α,β-unsaturated/α-hetero) is 3. The Kier molecular flexibility index (Phi) is 21.9. The lowest BCUT2D eigenvalue weighted by Crippen LogP contribution is -2.76. The van der Waals surface area contributed by atoms with Crippen molar-refractivity contribution in [2.24, 2.45) is 5.41 Å². The van der Waals surface area contributed by atoms with E-state index in [4.69, 9.17) is 34.8 Å². The molecule has 0 atom stereocenters. The van der Waals surface area contributed by atoms with E-state index in [2.05, 4.69) is 37.2 Å². The number of amides is 9. The number of nitrogens with zero attached hydrogens (tertiary/aromatic N) is 5. The molecule has 117 heavy (non-hydrogen) atoms. The summed E-state index contributed by atoms with van der Waals surface area (Å²) in [6.45, 7) is 14.6. The third-order valence-electron chi connectivity index (χ3n) is 23.6. The van der Waals surface area contributed by atoms with E-state index in [-0.39, 0.29) is 82.6 Å². The first-order valence-corrected chi connectivity index (χ1v) is 40.7. The predicted octanol–water partition coefficient (Wildman–Crippen LogP) is 10.2. The first-order chi connectivity index (χ1) is 54.5. The SMILES string of the molecule is CNC(=O)C1(NC(=O)C(=O)c2c(C)c(C(=O)Nc3ccc(C)c(Cl)c3)n3c2CCC3(C)C)CC(F)(F)C1.Cc1ccc(NC(=O)c2c(C)c(C(=O)C(=O)NC3(C(=O)N4CC(F)C4)CC(F)(F)C3)c3n2CCC3)cc1Cl.Cc1ccc(NC(=O)c2c(C)c(C(=O)C(=O)NC3(C(=O)N4CC5(C4)CS(=O)(=O)C5)CC(F)(F)C3)c3n2CCC3)cc1Cl. The van der Waals surface area contributed by atoms with Crippen molar-refractivity contribution in [1.29, 1.82) is 0 Å². The van der Waals surface area contributed by atoms with Gasteiger partial charge in [-0.3, -0.25) is 57.5 Å². The molecule has 624 valence electrons. The number of carbonyl (C=O) groups is 12. The maximum atomic E-state index is 14.1. The standard InChI is InChI=1S/C28H29ClF2N4O6S.C26H26ClF3N4O4.C26H29ClF2N4O4/c1-15-5-6-17(8-18(15)29)32-23(37)21-16(2)20(19-4-3-7-35(19)21)22(36)24(38)33-27(9-28(30,31)10-27)25(39)34-11-26(12-34)13-42(40,41)14-26;1-13-5-6-16(8-17(13)27)31-22(36)20-14(2)19(18-4-3-7-34(18)20)21(35)23(37)32-25(11-26(29,30)12-25)24(38)33-9-15(28)10-33;1-13-6-7-15(10-16(13)27)31-21(35)19-14(2)18(17-8-9-24(3,4)33(17)19)20(34)22(36)32-25(23(37)30-5)11-26(28,29)12-25/h5-6,8H,3-4,7,9-14H2,1-2H3,(H,32,37)(H,33,38);5-6,8,15H,3-4,7,9-12H2,1-2H3,(H,31,36)(H,32,37);6-7,10H,8-9,11-12H2,1-5H3,(H,30,37)(H,31,35)(H,32,36). The zero-order valence-corrected chi connectivity index (χ0v) is 68.1. The quantitative estimate of drug-likeness (QED) is 0.0239. The average molecular weight is 1710 g/mol. The fourth-order valence-electron chi connectivity index (χ4n) is 17.9. The molecule has 3 aromatic heterocycles. The van der Waals surface area contributed by atoms with Gasteiger partial charge in [0.25, 0.3) is 70.6 Å². The van der Waals surface area contributed by atoms with E-state index in [9.17, 15) is 96.7 Å². The molecule has 3 aliphatic carbocycles. The lowest BCUT2D eigenvalue weighted by atomic mass is 9.70. The summed E-state index contributed by atoms with van der Waals surface area (Å²) in [5.74, 6) is -20.1. The minimum absolute atomic E-state index is 0.0216. The Balaban J connectivity index is 0.000000153. The van der Waals surface area contributed by atoms with Gasteiger partial charge >= 0.3 is 0 Å². The molecule has 0 unspecified atom stereocenters. The number of anilines is 3. The van der Waals surface area contributed by atoms with Gasteiger partial charge in [0, 0.05) is 132 Å². The number of alkyl halides is 7. The molecule has 9 amide bonds. The molecule has 6 aromatic rings. The molecule has 3 aromatic carbocycles. The number of likely N-dealkylation sites (tertiary alicyclic amines) is 2. The van der Waals surface area contributed by atoms with Gasteiger partial charge in [0.1, 0.15) is 39.9 Å². The fourth-order valence-corrected chi connectivity index (χ4v) is 20.6. The van der Waals surface area contributed by atoms with Crippen LogP contribution in [-0.4, -0.2) is 188 Å². The van der Waals surface area contributed by atoms with Gasteiger partial charge in [0.05, 0.1) is 41.3 Å². The van der Waals surface area contributed by atoms with Gasteiger partial charge in [-0.15, -0.1) is 0 Å². The van der Waals surface area contributed by atoms with Crippen molar-refractivity contribution in [1.82, 2.24) is 44.8 Å². The van der Waals surface area contributed by atoms with Crippen molar-refractivity contribution >= 4 is 132 Å². The van der Waals surface area contributed by atoms with E-state index in [0.717, 1.165) is 21.6 Å². The van der Waals surface area contributed by atoms with E-state index < -0.39 is 170 Å². The van der Waals surface area contributed by atoms with Crippen molar-refractivity contribution in [3.05, 3.63) is 154 Å². The Hall–Kier alpha value is -9.93. The Morgan fingerprint density at radius 1 is 0.470 bits per heavy atom. The summed E-state index contributed by atoms with van der Waals surface area (Å²) >= 11 is 18.5. The van der Waals surface area contributed by atoms with Gasteiger partial charge in [-0.1, -0.05) is 53.0 Å². The molecule has 7 N–H and O–H groups in total. The number of carbonyl (C=O) groups excluding carboxylic acids is 12. The van der Waals surface area contributed by atoms with Crippen LogP contribution in [0.15, 0.2) is 54.6 Å². The number of halogens is 10. The minimum atomic E-state index is -3.20. The highest BCUT2D eigenvalue weighted by Gasteiger charge is 2.68. The first kappa shape index (κ1) is 85.0. The third kappa shape index (κ3) is 15.8. The summed E-state index contributed by atoms with van der Waals surface area (Å²) < 4.78 is 125. The summed E-state index contributed by atoms with van der Waals surface area (Å²) in [6.07, 6.45) is -3.70. The summed E-state index contributed by atoms with van der Waals surface area (Å²) in [5.41, 5.74) is 0.0787. The highest BCUT2D eigenvalue weighted by molar-refractivity contribution is 7.92. The lowest BCUT2D eigenvalue weighted by Gasteiger charge is -2.58. The molecule has 3 saturated heterocycles. The van der Waals surface area contributed by atoms with Crippen molar-refractivity contribution < 1.29 is 96.7 Å². The molecule has 1 spiro atoms. The second-order valence-electron chi connectivity index (χ2n) is 33.1. The van der Waals surface area contributed by atoms with Crippen LogP contribution in [0.1, 0.15) is 185 Å². The van der Waals surface area contributed by atoms with Gasteiger partial charge in [-0.2, -0.15) is 0 Å². The number of benzene rings is 3. The maximum absolute atomic E-state index is 14.1. The Morgan fingerprint density at radius 2 is 0.812 bits per heavy atom. The van der Waals surface area contributed by atoms with E-state index in [1.54, 1.807) is 89.1 Å². The summed E-state index contributed by atoms with van der Waals surface area (Å²) in [4.78, 5) is 161. The first-order valence-electron chi connectivity index (χ1n) is 37.8. The van der Waals surface area contributed by atoms with Crippen molar-refractivity contribution in [2.45, 2.75) is 192 Å². The molecule has 9 heterocycles. The van der Waals surface area contributed by atoms with Crippen LogP contribution in [0.25, 0.3) is 0 Å². The third-order valence-corrected chi connectivity index (χ3v) is 26.9. The van der Waals surface area contributed by atoms with Crippen molar-refractivity contribution in [3.8, 4) is 0 Å². The van der Waals surface area contributed by atoms with Gasteiger partial charge in [-0.25, -0.2) is 39.2 Å². The van der Waals surface area contributed by atoms with Crippen LogP contribution in [0, 0.1) is 47.0 Å². The zero-order chi connectivity index (χ0) is 85.5. The van der Waals surface area contributed by atoms with Gasteiger partial charge in [0.15, 0.2) is 9.84 Å². The second kappa shape index (κ2) is 30.2. The smallest absolute Gasteiger partial charge is 0.293 e. The van der Waals surface area contributed by atoms with E-state index in [0.29, 0.717) is 106 Å². The van der Waals surface area contributed by atoms with Crippen LogP contribution in [-0.2, 0) is 76.5 Å². The number of sulfone groups is 1. The van der Waals surface area contributed by atoms with Gasteiger partial charge in [0.2, 0.25) is 17.7 Å². The Morgan fingerprint density at radius 3 is 1.16 bits per heavy atom. The largest absolute Gasteiger partial charge is 0.357 e. The maximum Gasteiger partial charge on any atom is 0.293 e. The summed E-state index contributed by atoms with van der Waals surface area (Å²) in [7, 11) is -1.88. The second-order valence-corrected chi connectivity index (χ2v) is 36.4. The highest BCUT2D eigenvalue weighted by atomic mass is 35.5. The molecule has 6 aliphatic heterocycles. The number of aryl methyl sites for hydroxylation is 3. The van der Waals surface area contributed by atoms with E-state index in [1.165, 1.54) is 11.9 Å². The van der Waals surface area contributed by atoms with Crippen LogP contribution in [0.4, 0.5) is 47.8 Å². The monoisotopic (exact) mass is 1710 g/mol. The molecule has 26 nitrogen and oxygen atoms in total. The molecule has 0 radical (unpaired) electrons. The van der Waals surface area contributed by atoms with Crippen LogP contribution in [0.2, 0.25) is 15.1 Å². The normalized spacial score (nSPS) is 19.9. The molecule has 3 saturated carbocycles. The average Bonchev–Trinajstić information content (AvgIpc) is 1.58. The lowest BCUT2D eigenvalue weighted by molar-refractivity contribution is -0.181. The van der Waals surface area contributed by atoms with Gasteiger partial charge in [-0.05, 0) is 164 Å². The molecular formula is C80H84Cl3F7N12O14S. The van der Waals surface area contributed by atoms with Crippen LogP contribution >= 0.6 is 34.8 Å². The summed E-state index contributed by atoms with van der Waals surface area (Å²) in [6, 6.07) is 15.2. The number of aromatic nitrogens is 3. The minimum Gasteiger partial charge on any atom is -0.357 e. The number of hydrogen-bond donors (Lipinski definition) is 7. The Labute approximate surface area is 681 Å². The highest BCUT2D eigenvalue weighted by Crippen LogP contribution is 2.52. The number of rotatable bonds is 18. The summed E-state index contributed by atoms with van der Waals surface area (Å²) in [5, 5.41) is 18.9. The molecule has 37 heteroatoms. The fraction of sp³-hybridized carbons (Fsp3) is 0.475. The van der Waals surface area contributed by atoms with Crippen molar-refractivity contribution in [3.63, 3.8) is 0 Å². The van der Waals surface area contributed by atoms with E-state index >= 15 is 0 Å². The molecule has 6 fully saturated rings. The van der Waals surface area contributed by atoms with Crippen molar-refractivity contribution in [2.75, 3.05) is 60.7 Å². The number of likely N-dealkylation sites (N-methyl/N-ethyl adjacent to an activating group) is 1. The van der Waals surface area contributed by atoms with Gasteiger partial charge < -0.3 is 60.7 Å². The number of hydrogen-bond acceptors (Lipinski definition) is 14.